The van der Waals surface area contributed by atoms with Gasteiger partial charge in [0.25, 0.3) is 0 Å². The smallest absolute Gasteiger partial charge is 0.213 e. The first kappa shape index (κ1) is 12.8. The minimum atomic E-state index is -0.490. The molecule has 0 saturated carbocycles. The second-order valence-electron chi connectivity index (χ2n) is 4.96. The third kappa shape index (κ3) is 1.98. The number of imidazole rings is 1. The van der Waals surface area contributed by atoms with E-state index in [4.69, 9.17) is 4.74 Å². The van der Waals surface area contributed by atoms with Gasteiger partial charge in [-0.3, -0.25) is 4.40 Å². The monoisotopic (exact) mass is 293 g/mol. The van der Waals surface area contributed by atoms with Gasteiger partial charge in [-0.25, -0.2) is 9.97 Å². The molecule has 0 saturated heterocycles. The summed E-state index contributed by atoms with van der Waals surface area (Å²) in [4.78, 5) is 8.49. The topological polar surface area (TPSA) is 39.4 Å². The summed E-state index contributed by atoms with van der Waals surface area (Å²) in [5, 5.41) is 0. The van der Waals surface area contributed by atoms with Gasteiger partial charge in [0.2, 0.25) is 5.95 Å². The molecule has 4 rings (SSSR count). The quantitative estimate of drug-likeness (QED) is 0.529. The molecule has 108 valence electrons. The minimum absolute atomic E-state index is 0.490. The largest absolute Gasteiger partial charge is 0.497 e. The molecule has 3 aromatic heterocycles. The van der Waals surface area contributed by atoms with Gasteiger partial charge in [0.15, 0.2) is 0 Å². The first-order valence-electron chi connectivity index (χ1n) is 6.83. The first-order valence-corrected chi connectivity index (χ1v) is 6.83. The Morgan fingerprint density at radius 3 is 2.77 bits per heavy atom. The van der Waals surface area contributed by atoms with Crippen molar-refractivity contribution in [2.24, 2.45) is 0 Å². The molecule has 0 aliphatic carbocycles. The number of halogens is 1. The molecule has 0 amide bonds. The van der Waals surface area contributed by atoms with Crippen LogP contribution in [0.25, 0.3) is 27.9 Å². The number of aromatic nitrogens is 3. The van der Waals surface area contributed by atoms with Gasteiger partial charge in [0.1, 0.15) is 11.4 Å². The van der Waals surface area contributed by atoms with Crippen LogP contribution in [0.15, 0.2) is 54.7 Å². The highest BCUT2D eigenvalue weighted by Gasteiger charge is 2.08. The minimum Gasteiger partial charge on any atom is -0.497 e. The van der Waals surface area contributed by atoms with E-state index >= 15 is 0 Å². The Labute approximate surface area is 125 Å². The average Bonchev–Trinajstić information content (AvgIpc) is 2.91. The van der Waals surface area contributed by atoms with Crippen molar-refractivity contribution in [2.45, 2.75) is 0 Å². The summed E-state index contributed by atoms with van der Waals surface area (Å²) in [7, 11) is 1.64. The van der Waals surface area contributed by atoms with E-state index in [1.807, 2.05) is 40.9 Å². The highest BCUT2D eigenvalue weighted by Crippen LogP contribution is 2.25. The zero-order chi connectivity index (χ0) is 15.1. The molecule has 5 heteroatoms. The predicted molar refractivity (Wildman–Crippen MR) is 82.4 cm³/mol. The van der Waals surface area contributed by atoms with Crippen molar-refractivity contribution in [2.75, 3.05) is 7.11 Å². The highest BCUT2D eigenvalue weighted by molar-refractivity contribution is 5.83. The fraction of sp³-hybridized carbons (Fsp3) is 0.0588. The van der Waals surface area contributed by atoms with Crippen molar-refractivity contribution >= 4 is 16.7 Å². The van der Waals surface area contributed by atoms with Crippen molar-refractivity contribution in [3.8, 4) is 17.0 Å². The Balaban J connectivity index is 1.93. The first-order chi connectivity index (χ1) is 10.7. The summed E-state index contributed by atoms with van der Waals surface area (Å²) in [6.07, 6.45) is 1.91. The molecule has 4 aromatic rings. The van der Waals surface area contributed by atoms with Crippen LogP contribution in [0.5, 0.6) is 5.75 Å². The molecule has 0 atom stereocenters. The third-order valence-corrected chi connectivity index (χ3v) is 3.62. The number of methoxy groups -OCH3 is 1. The number of hydrogen-bond donors (Lipinski definition) is 0. The van der Waals surface area contributed by atoms with Gasteiger partial charge in [-0.05, 0) is 36.4 Å². The number of benzene rings is 1. The highest BCUT2D eigenvalue weighted by atomic mass is 19.1. The third-order valence-electron chi connectivity index (χ3n) is 3.62. The van der Waals surface area contributed by atoms with E-state index in [9.17, 15) is 4.39 Å². The van der Waals surface area contributed by atoms with Crippen LogP contribution in [-0.2, 0) is 0 Å². The van der Waals surface area contributed by atoms with Crippen LogP contribution in [0.2, 0.25) is 0 Å². The van der Waals surface area contributed by atoms with Crippen molar-refractivity contribution in [1.82, 2.24) is 14.4 Å². The van der Waals surface area contributed by atoms with Crippen molar-refractivity contribution in [3.05, 3.63) is 60.7 Å². The van der Waals surface area contributed by atoms with Gasteiger partial charge in [0.05, 0.1) is 23.8 Å². The Kier molecular flexibility index (Phi) is 2.79. The van der Waals surface area contributed by atoms with E-state index < -0.39 is 5.95 Å². The van der Waals surface area contributed by atoms with Crippen molar-refractivity contribution < 1.29 is 9.13 Å². The predicted octanol–water partition coefficient (Wildman–Crippen LogP) is 3.70. The van der Waals surface area contributed by atoms with Crippen LogP contribution in [0.3, 0.4) is 0 Å². The summed E-state index contributed by atoms with van der Waals surface area (Å²) in [5.41, 5.74) is 4.05. The molecule has 0 bridgehead atoms. The van der Waals surface area contributed by atoms with E-state index in [1.165, 1.54) is 6.07 Å². The molecule has 4 nitrogen and oxygen atoms in total. The second kappa shape index (κ2) is 4.80. The number of pyridine rings is 2. The zero-order valence-corrected chi connectivity index (χ0v) is 11.8. The number of fused-ring (bicyclic) bond motifs is 3. The standard InChI is InChI=1S/C17H12FN3O/c1-22-12-5-6-14-15(10-12)21-8-7-11(9-17(21)20-14)13-3-2-4-16(18)19-13/h2-10H,1H3. The fourth-order valence-electron chi connectivity index (χ4n) is 2.55. The van der Waals surface area contributed by atoms with Gasteiger partial charge in [-0.15, -0.1) is 0 Å². The summed E-state index contributed by atoms with van der Waals surface area (Å²) in [5.74, 6) is 0.292. The van der Waals surface area contributed by atoms with Crippen LogP contribution in [0.4, 0.5) is 4.39 Å². The van der Waals surface area contributed by atoms with Gasteiger partial charge in [-0.2, -0.15) is 4.39 Å². The summed E-state index contributed by atoms with van der Waals surface area (Å²) in [6.45, 7) is 0. The molecule has 3 heterocycles. The van der Waals surface area contributed by atoms with Gasteiger partial charge >= 0.3 is 0 Å². The van der Waals surface area contributed by atoms with E-state index in [1.54, 1.807) is 19.2 Å². The lowest BCUT2D eigenvalue weighted by atomic mass is 10.2. The lowest BCUT2D eigenvalue weighted by Crippen LogP contribution is -1.90. The molecule has 22 heavy (non-hydrogen) atoms. The van der Waals surface area contributed by atoms with E-state index in [0.717, 1.165) is 28.0 Å². The van der Waals surface area contributed by atoms with Crippen LogP contribution in [0, 0.1) is 5.95 Å². The molecule has 0 unspecified atom stereocenters. The Morgan fingerprint density at radius 1 is 1.05 bits per heavy atom. The van der Waals surface area contributed by atoms with E-state index in [2.05, 4.69) is 9.97 Å². The molecular weight excluding hydrogens is 281 g/mol. The molecule has 0 radical (unpaired) electrons. The Bertz CT molecular complexity index is 994. The lowest BCUT2D eigenvalue weighted by molar-refractivity contribution is 0.415. The van der Waals surface area contributed by atoms with E-state index in [0.29, 0.717) is 5.69 Å². The van der Waals surface area contributed by atoms with E-state index in [-0.39, 0.29) is 0 Å². The molecule has 1 aromatic carbocycles. The maximum Gasteiger partial charge on any atom is 0.213 e. The fourth-order valence-corrected chi connectivity index (χ4v) is 2.55. The zero-order valence-electron chi connectivity index (χ0n) is 11.8. The van der Waals surface area contributed by atoms with Crippen molar-refractivity contribution in [3.63, 3.8) is 0 Å². The maximum absolute atomic E-state index is 13.3. The number of nitrogens with zero attached hydrogens (tertiary/aromatic N) is 3. The summed E-state index contributed by atoms with van der Waals surface area (Å²) >= 11 is 0. The van der Waals surface area contributed by atoms with Crippen molar-refractivity contribution in [1.29, 1.82) is 0 Å². The number of rotatable bonds is 2. The molecule has 0 N–H and O–H groups in total. The molecule has 0 aliphatic heterocycles. The van der Waals surface area contributed by atoms with Crippen LogP contribution in [-0.4, -0.2) is 21.5 Å². The average molecular weight is 293 g/mol. The molecule has 0 aliphatic rings. The second-order valence-corrected chi connectivity index (χ2v) is 4.96. The normalized spacial score (nSPS) is 11.2. The Hall–Kier alpha value is -2.95. The van der Waals surface area contributed by atoms with Gasteiger partial charge in [-0.1, -0.05) is 6.07 Å². The maximum atomic E-state index is 13.3. The lowest BCUT2D eigenvalue weighted by Gasteiger charge is -2.03. The molecular formula is C17H12FN3O. The van der Waals surface area contributed by atoms with Gasteiger partial charge in [0, 0.05) is 17.8 Å². The molecule has 0 spiro atoms. The Morgan fingerprint density at radius 2 is 1.95 bits per heavy atom. The SMILES string of the molecule is COc1ccc2nc3cc(-c4cccc(F)n4)ccn3c2c1. The van der Waals surface area contributed by atoms with Crippen LogP contribution >= 0.6 is 0 Å². The van der Waals surface area contributed by atoms with Crippen LogP contribution < -0.4 is 4.74 Å². The molecule has 0 fully saturated rings. The number of ether oxygens (including phenoxy) is 1. The van der Waals surface area contributed by atoms with Gasteiger partial charge < -0.3 is 4.74 Å². The van der Waals surface area contributed by atoms with Crippen LogP contribution in [0.1, 0.15) is 0 Å². The number of hydrogen-bond acceptors (Lipinski definition) is 3. The summed E-state index contributed by atoms with van der Waals surface area (Å²) in [6, 6.07) is 14.3. The summed E-state index contributed by atoms with van der Waals surface area (Å²) < 4.78 is 20.5.